The number of benzene rings is 1. The number of nitrogens with zero attached hydrogens (tertiary/aromatic N) is 7. The monoisotopic (exact) mass is 511 g/mol. The SMILES string of the molecule is Cc1cnn(C(C)C)c1-c1cc2n(n1)CCCN2Cc1ccc(-c2nc(C(F)(F)F)cn2C(C)C)cc1. The highest BCUT2D eigenvalue weighted by Gasteiger charge is 2.35. The van der Waals surface area contributed by atoms with Crippen molar-refractivity contribution in [2.45, 2.75) is 72.4 Å². The third kappa shape index (κ3) is 4.76. The number of hydrogen-bond acceptors (Lipinski definition) is 4. The fourth-order valence-corrected chi connectivity index (χ4v) is 4.90. The van der Waals surface area contributed by atoms with Crippen molar-refractivity contribution in [2.75, 3.05) is 11.4 Å². The molecule has 1 aromatic carbocycles. The fraction of sp³-hybridized carbons (Fsp3) is 0.444. The molecule has 0 N–H and O–H groups in total. The van der Waals surface area contributed by atoms with Gasteiger partial charge < -0.3 is 9.47 Å². The van der Waals surface area contributed by atoms with Crippen molar-refractivity contribution in [1.29, 1.82) is 0 Å². The summed E-state index contributed by atoms with van der Waals surface area (Å²) < 4.78 is 45.5. The van der Waals surface area contributed by atoms with Crippen LogP contribution in [0.4, 0.5) is 19.0 Å². The molecule has 0 spiro atoms. The van der Waals surface area contributed by atoms with Crippen LogP contribution < -0.4 is 4.90 Å². The topological polar surface area (TPSA) is 56.7 Å². The summed E-state index contributed by atoms with van der Waals surface area (Å²) in [5.74, 6) is 1.39. The van der Waals surface area contributed by atoms with E-state index in [0.29, 0.717) is 17.9 Å². The minimum atomic E-state index is -4.48. The minimum absolute atomic E-state index is 0.142. The first-order valence-corrected chi connectivity index (χ1v) is 12.7. The molecule has 5 rings (SSSR count). The van der Waals surface area contributed by atoms with Crippen LogP contribution in [0.15, 0.2) is 42.7 Å². The third-order valence-corrected chi connectivity index (χ3v) is 6.76. The highest BCUT2D eigenvalue weighted by atomic mass is 19.4. The van der Waals surface area contributed by atoms with Crippen molar-refractivity contribution in [3.63, 3.8) is 0 Å². The van der Waals surface area contributed by atoms with Gasteiger partial charge in [-0.3, -0.25) is 4.68 Å². The van der Waals surface area contributed by atoms with Gasteiger partial charge in [0.15, 0.2) is 5.69 Å². The number of imidazole rings is 1. The second kappa shape index (κ2) is 9.39. The van der Waals surface area contributed by atoms with Crippen LogP contribution in [0.25, 0.3) is 22.8 Å². The van der Waals surface area contributed by atoms with E-state index in [-0.39, 0.29) is 12.1 Å². The summed E-state index contributed by atoms with van der Waals surface area (Å²) in [6.45, 7) is 12.4. The highest BCUT2D eigenvalue weighted by molar-refractivity contribution is 5.64. The van der Waals surface area contributed by atoms with Gasteiger partial charge in [0.1, 0.15) is 17.3 Å². The summed E-state index contributed by atoms with van der Waals surface area (Å²) in [5, 5.41) is 9.44. The normalized spacial score (nSPS) is 14.2. The molecule has 0 atom stereocenters. The Labute approximate surface area is 214 Å². The second-order valence-electron chi connectivity index (χ2n) is 10.2. The number of rotatable bonds is 6. The molecule has 1 aliphatic rings. The van der Waals surface area contributed by atoms with Gasteiger partial charge in [0.05, 0.1) is 11.9 Å². The number of aryl methyl sites for hydroxylation is 2. The molecule has 1 aliphatic heterocycles. The molecule has 7 nitrogen and oxygen atoms in total. The van der Waals surface area contributed by atoms with Crippen LogP contribution in [0.5, 0.6) is 0 Å². The van der Waals surface area contributed by atoms with E-state index in [1.54, 1.807) is 4.57 Å². The smallest absolute Gasteiger partial charge is 0.352 e. The zero-order valence-electron chi connectivity index (χ0n) is 21.8. The van der Waals surface area contributed by atoms with Crippen LogP contribution in [0, 0.1) is 6.92 Å². The molecule has 4 heterocycles. The number of aromatic nitrogens is 6. The molecule has 0 fully saturated rings. The molecule has 0 radical (unpaired) electrons. The number of alkyl halides is 3. The Hall–Kier alpha value is -3.56. The lowest BCUT2D eigenvalue weighted by molar-refractivity contribution is -0.140. The molecule has 0 saturated carbocycles. The molecule has 196 valence electrons. The van der Waals surface area contributed by atoms with Gasteiger partial charge in [-0.05, 0) is 52.2 Å². The third-order valence-electron chi connectivity index (χ3n) is 6.76. The van der Waals surface area contributed by atoms with Gasteiger partial charge in [0.25, 0.3) is 0 Å². The van der Waals surface area contributed by atoms with Crippen molar-refractivity contribution in [3.8, 4) is 22.8 Å². The van der Waals surface area contributed by atoms with Gasteiger partial charge in [-0.1, -0.05) is 24.3 Å². The lowest BCUT2D eigenvalue weighted by atomic mass is 10.1. The Morgan fingerprint density at radius 1 is 1.00 bits per heavy atom. The Morgan fingerprint density at radius 3 is 2.38 bits per heavy atom. The van der Waals surface area contributed by atoms with Crippen LogP contribution in [0.3, 0.4) is 0 Å². The molecule has 0 amide bonds. The van der Waals surface area contributed by atoms with Crippen LogP contribution >= 0.6 is 0 Å². The molecule has 3 aromatic heterocycles. The lowest BCUT2D eigenvalue weighted by Gasteiger charge is -2.29. The minimum Gasteiger partial charge on any atom is -0.352 e. The zero-order chi connectivity index (χ0) is 26.5. The molecule has 0 bridgehead atoms. The Balaban J connectivity index is 1.40. The van der Waals surface area contributed by atoms with E-state index in [1.807, 2.05) is 49.0 Å². The van der Waals surface area contributed by atoms with Crippen LogP contribution in [0.1, 0.15) is 63.0 Å². The highest BCUT2D eigenvalue weighted by Crippen LogP contribution is 2.34. The summed E-state index contributed by atoms with van der Waals surface area (Å²) in [6.07, 6.45) is -0.514. The van der Waals surface area contributed by atoms with Crippen molar-refractivity contribution < 1.29 is 13.2 Å². The molecular formula is C27H32F3N7. The average molecular weight is 512 g/mol. The first-order valence-electron chi connectivity index (χ1n) is 12.7. The second-order valence-corrected chi connectivity index (χ2v) is 10.2. The quantitative estimate of drug-likeness (QED) is 0.296. The average Bonchev–Trinajstić information content (AvgIpc) is 3.55. The van der Waals surface area contributed by atoms with Gasteiger partial charge >= 0.3 is 6.18 Å². The van der Waals surface area contributed by atoms with Gasteiger partial charge in [-0.15, -0.1) is 0 Å². The van der Waals surface area contributed by atoms with Crippen LogP contribution in [-0.4, -0.2) is 35.7 Å². The van der Waals surface area contributed by atoms with E-state index in [2.05, 4.69) is 46.5 Å². The fourth-order valence-electron chi connectivity index (χ4n) is 4.90. The summed E-state index contributed by atoms with van der Waals surface area (Å²) >= 11 is 0. The molecule has 37 heavy (non-hydrogen) atoms. The van der Waals surface area contributed by atoms with E-state index in [1.165, 1.54) is 0 Å². The largest absolute Gasteiger partial charge is 0.434 e. The summed E-state index contributed by atoms with van der Waals surface area (Å²) in [5.41, 5.74) is 3.92. The number of fused-ring (bicyclic) bond motifs is 1. The molecular weight excluding hydrogens is 479 g/mol. The molecule has 4 aromatic rings. The van der Waals surface area contributed by atoms with Crippen molar-refractivity contribution >= 4 is 5.82 Å². The van der Waals surface area contributed by atoms with E-state index in [9.17, 15) is 13.2 Å². The first kappa shape index (κ1) is 25.1. The van der Waals surface area contributed by atoms with E-state index in [4.69, 9.17) is 5.10 Å². The number of anilines is 1. The molecule has 0 unspecified atom stereocenters. The summed E-state index contributed by atoms with van der Waals surface area (Å²) in [4.78, 5) is 6.21. The maximum absolute atomic E-state index is 13.3. The van der Waals surface area contributed by atoms with Crippen LogP contribution in [-0.2, 0) is 19.3 Å². The molecule has 10 heteroatoms. The first-order chi connectivity index (χ1) is 17.5. The maximum atomic E-state index is 13.3. The van der Waals surface area contributed by atoms with Crippen molar-refractivity contribution in [1.82, 2.24) is 29.1 Å². The Bertz CT molecular complexity index is 1390. The van der Waals surface area contributed by atoms with Crippen molar-refractivity contribution in [3.05, 3.63) is 59.5 Å². The van der Waals surface area contributed by atoms with E-state index < -0.39 is 11.9 Å². The Kier molecular flexibility index (Phi) is 6.37. The Morgan fingerprint density at radius 2 is 1.73 bits per heavy atom. The standard InChI is InChI=1S/C27H32F3N7/c1-17(2)35-16-23(27(28,29)30)32-26(35)21-9-7-20(8-10-21)15-34-11-6-12-36-24(34)13-22(33-36)25-19(5)14-31-37(25)18(3)4/h7-10,13-14,16-18H,6,11-12,15H2,1-5H3. The van der Waals surface area contributed by atoms with Gasteiger partial charge in [-0.25, -0.2) is 9.67 Å². The number of halogens is 3. The van der Waals surface area contributed by atoms with Gasteiger partial charge in [0, 0.05) is 49.5 Å². The zero-order valence-corrected chi connectivity index (χ0v) is 21.8. The van der Waals surface area contributed by atoms with E-state index >= 15 is 0 Å². The van der Waals surface area contributed by atoms with Gasteiger partial charge in [-0.2, -0.15) is 23.4 Å². The summed E-state index contributed by atoms with van der Waals surface area (Å²) in [6, 6.07) is 9.87. The predicted molar refractivity (Wildman–Crippen MR) is 137 cm³/mol. The molecule has 0 aliphatic carbocycles. The molecule has 0 saturated heterocycles. The predicted octanol–water partition coefficient (Wildman–Crippen LogP) is 6.51. The van der Waals surface area contributed by atoms with Gasteiger partial charge in [0.2, 0.25) is 0 Å². The van der Waals surface area contributed by atoms with E-state index in [0.717, 1.165) is 54.0 Å². The summed E-state index contributed by atoms with van der Waals surface area (Å²) in [7, 11) is 0. The maximum Gasteiger partial charge on any atom is 0.434 e. The van der Waals surface area contributed by atoms with Crippen LogP contribution in [0.2, 0.25) is 0 Å². The number of hydrogen-bond donors (Lipinski definition) is 0. The lowest BCUT2D eigenvalue weighted by Crippen LogP contribution is -2.31. The van der Waals surface area contributed by atoms with Crippen molar-refractivity contribution in [2.24, 2.45) is 0 Å².